The second kappa shape index (κ2) is 10.6. The maximum atomic E-state index is 5.92. The second-order valence-electron chi connectivity index (χ2n) is 7.16. The molecule has 0 unspecified atom stereocenters. The normalized spacial score (nSPS) is 11.1. The zero-order valence-electron chi connectivity index (χ0n) is 18.0. The summed E-state index contributed by atoms with van der Waals surface area (Å²) in [5.74, 6) is 2.14. The van der Waals surface area contributed by atoms with Crippen molar-refractivity contribution in [3.05, 3.63) is 101 Å². The Labute approximate surface area is 191 Å². The van der Waals surface area contributed by atoms with E-state index in [1.807, 2.05) is 48.5 Å². The van der Waals surface area contributed by atoms with Crippen LogP contribution in [0.1, 0.15) is 22.3 Å². The number of hydrogen-bond donors (Lipinski definition) is 0. The van der Waals surface area contributed by atoms with Gasteiger partial charge in [-0.25, -0.2) is 0 Å². The Morgan fingerprint density at radius 1 is 0.969 bits per heavy atom. The van der Waals surface area contributed by atoms with Crippen molar-refractivity contribution in [3.63, 3.8) is 0 Å². The van der Waals surface area contributed by atoms with Gasteiger partial charge in [-0.2, -0.15) is 9.78 Å². The lowest BCUT2D eigenvalue weighted by molar-refractivity contribution is 0.284. The van der Waals surface area contributed by atoms with Gasteiger partial charge in [0.05, 0.1) is 13.3 Å². The van der Waals surface area contributed by atoms with Crippen molar-refractivity contribution in [3.8, 4) is 11.5 Å². The van der Waals surface area contributed by atoms with Crippen LogP contribution < -0.4 is 9.47 Å². The number of nitrogens with zero attached hydrogens (tertiary/aromatic N) is 4. The molecule has 4 aromatic rings. The Kier molecular flexibility index (Phi) is 7.19. The minimum Gasteiger partial charge on any atom is -0.493 e. The van der Waals surface area contributed by atoms with Gasteiger partial charge in [-0.15, -0.1) is 10.2 Å². The molecule has 0 fully saturated rings. The van der Waals surface area contributed by atoms with E-state index in [9.17, 15) is 0 Å². The molecule has 0 bridgehead atoms. The van der Waals surface area contributed by atoms with Gasteiger partial charge in [0.25, 0.3) is 0 Å². The average Bonchev–Trinajstić information content (AvgIpc) is 3.29. The zero-order chi connectivity index (χ0) is 22.2. The third kappa shape index (κ3) is 5.76. The summed E-state index contributed by atoms with van der Waals surface area (Å²) >= 11 is 1.59. The third-order valence-corrected chi connectivity index (χ3v) is 5.75. The minimum atomic E-state index is 0.479. The number of ether oxygens (including phenoxy) is 2. The van der Waals surface area contributed by atoms with E-state index in [0.717, 1.165) is 22.0 Å². The predicted octanol–water partition coefficient (Wildman–Crippen LogP) is 5.35. The second-order valence-corrected chi connectivity index (χ2v) is 8.10. The maximum absolute atomic E-state index is 5.92. The molecule has 162 valence electrons. The molecule has 0 amide bonds. The van der Waals surface area contributed by atoms with Crippen LogP contribution >= 0.6 is 11.8 Å². The first-order chi connectivity index (χ1) is 15.7. The van der Waals surface area contributed by atoms with Crippen LogP contribution in [0.3, 0.4) is 0 Å². The van der Waals surface area contributed by atoms with Crippen LogP contribution in [-0.2, 0) is 12.4 Å². The third-order valence-electron chi connectivity index (χ3n) is 4.74. The van der Waals surface area contributed by atoms with Crippen LogP contribution in [0.15, 0.2) is 89.4 Å². The summed E-state index contributed by atoms with van der Waals surface area (Å²) in [6.07, 6.45) is 3.35. The first-order valence-corrected chi connectivity index (χ1v) is 11.2. The highest BCUT2D eigenvalue weighted by Crippen LogP contribution is 2.28. The lowest BCUT2D eigenvalue weighted by Gasteiger charge is -2.11. The highest BCUT2D eigenvalue weighted by Gasteiger charge is 2.07. The van der Waals surface area contributed by atoms with Crippen LogP contribution in [0.25, 0.3) is 0 Å². The number of aromatic nitrogens is 3. The monoisotopic (exact) mass is 444 g/mol. The molecule has 7 heteroatoms. The van der Waals surface area contributed by atoms with Gasteiger partial charge in [0.15, 0.2) is 11.5 Å². The smallest absolute Gasteiger partial charge is 0.212 e. The van der Waals surface area contributed by atoms with Gasteiger partial charge in [-0.05, 0) is 41.8 Å². The fourth-order valence-electron chi connectivity index (χ4n) is 2.97. The summed E-state index contributed by atoms with van der Waals surface area (Å²) in [5, 5.41) is 13.4. The lowest BCUT2D eigenvalue weighted by atomic mass is 10.2. The Morgan fingerprint density at radius 3 is 2.56 bits per heavy atom. The molecule has 0 N–H and O–H groups in total. The fraction of sp³-hybridized carbons (Fsp3) is 0.160. The molecule has 0 saturated heterocycles. The summed E-state index contributed by atoms with van der Waals surface area (Å²) < 4.78 is 13.1. The van der Waals surface area contributed by atoms with Gasteiger partial charge in [0.2, 0.25) is 5.16 Å². The summed E-state index contributed by atoms with van der Waals surface area (Å²) in [5.41, 5.74) is 4.47. The maximum Gasteiger partial charge on any atom is 0.212 e. The Hall–Kier alpha value is -3.58. The van der Waals surface area contributed by atoms with Gasteiger partial charge >= 0.3 is 0 Å². The van der Waals surface area contributed by atoms with Gasteiger partial charge in [0, 0.05) is 5.75 Å². The van der Waals surface area contributed by atoms with Gasteiger partial charge in [0.1, 0.15) is 12.9 Å². The molecular formula is C25H24N4O2S. The van der Waals surface area contributed by atoms with Crippen molar-refractivity contribution in [1.82, 2.24) is 14.9 Å². The average molecular weight is 445 g/mol. The molecule has 32 heavy (non-hydrogen) atoms. The number of methoxy groups -OCH3 is 1. The summed E-state index contributed by atoms with van der Waals surface area (Å²) in [6, 6.07) is 24.2. The Bertz CT molecular complexity index is 1170. The van der Waals surface area contributed by atoms with E-state index in [4.69, 9.17) is 9.47 Å². The van der Waals surface area contributed by atoms with Crippen LogP contribution in [0, 0.1) is 6.92 Å². The van der Waals surface area contributed by atoms with E-state index in [0.29, 0.717) is 18.1 Å². The number of hydrogen-bond acceptors (Lipinski definition) is 6. The van der Waals surface area contributed by atoms with Crippen LogP contribution in [0.2, 0.25) is 0 Å². The van der Waals surface area contributed by atoms with Gasteiger partial charge in [-0.3, -0.25) is 0 Å². The minimum absolute atomic E-state index is 0.479. The van der Waals surface area contributed by atoms with E-state index in [-0.39, 0.29) is 0 Å². The van der Waals surface area contributed by atoms with Crippen LogP contribution in [0.4, 0.5) is 0 Å². The number of aryl methyl sites for hydroxylation is 1. The Morgan fingerprint density at radius 2 is 1.78 bits per heavy atom. The van der Waals surface area contributed by atoms with Gasteiger partial charge in [-0.1, -0.05) is 71.9 Å². The SMILES string of the molecule is COc1cc(/C=N/n2cnnc2SCc2ccc(C)cc2)ccc1OCc1ccccc1. The summed E-state index contributed by atoms with van der Waals surface area (Å²) in [6.45, 7) is 2.56. The molecule has 0 spiro atoms. The molecular weight excluding hydrogens is 420 g/mol. The largest absolute Gasteiger partial charge is 0.493 e. The molecule has 0 atom stereocenters. The standard InChI is InChI=1S/C25H24N4O2S/c1-19-8-10-21(11-9-19)17-32-25-28-26-18-29(25)27-15-22-12-13-23(24(14-22)30-2)31-16-20-6-4-3-5-7-20/h3-15,18H,16-17H2,1-2H3/b27-15+. The van der Waals surface area contributed by atoms with Crippen molar-refractivity contribution >= 4 is 18.0 Å². The van der Waals surface area contributed by atoms with Crippen LogP contribution in [0.5, 0.6) is 11.5 Å². The zero-order valence-corrected chi connectivity index (χ0v) is 18.8. The molecule has 0 aliphatic carbocycles. The predicted molar refractivity (Wildman–Crippen MR) is 128 cm³/mol. The lowest BCUT2D eigenvalue weighted by Crippen LogP contribution is -1.98. The molecule has 3 aromatic carbocycles. The highest BCUT2D eigenvalue weighted by molar-refractivity contribution is 7.98. The van der Waals surface area contributed by atoms with Crippen molar-refractivity contribution in [2.75, 3.05) is 7.11 Å². The molecule has 1 aromatic heterocycles. The topological polar surface area (TPSA) is 61.5 Å². The van der Waals surface area contributed by atoms with E-state index < -0.39 is 0 Å². The molecule has 4 rings (SSSR count). The summed E-state index contributed by atoms with van der Waals surface area (Å²) in [7, 11) is 1.63. The fourth-order valence-corrected chi connectivity index (χ4v) is 3.79. The molecule has 0 aliphatic heterocycles. The molecule has 0 aliphatic rings. The van der Waals surface area contributed by atoms with Crippen molar-refractivity contribution in [1.29, 1.82) is 0 Å². The number of thioether (sulfide) groups is 1. The highest BCUT2D eigenvalue weighted by atomic mass is 32.2. The number of benzene rings is 3. The van der Waals surface area contributed by atoms with E-state index in [2.05, 4.69) is 46.5 Å². The molecule has 0 radical (unpaired) electrons. The summed E-state index contributed by atoms with van der Waals surface area (Å²) in [4.78, 5) is 0. The molecule has 6 nitrogen and oxygen atoms in total. The van der Waals surface area contributed by atoms with Crippen molar-refractivity contribution < 1.29 is 9.47 Å². The first-order valence-electron chi connectivity index (χ1n) is 10.2. The van der Waals surface area contributed by atoms with E-state index in [1.165, 1.54) is 11.1 Å². The molecule has 1 heterocycles. The van der Waals surface area contributed by atoms with E-state index >= 15 is 0 Å². The Balaban J connectivity index is 1.41. The number of rotatable bonds is 9. The molecule has 0 saturated carbocycles. The first kappa shape index (κ1) is 21.6. The quantitative estimate of drug-likeness (QED) is 0.257. The van der Waals surface area contributed by atoms with Crippen molar-refractivity contribution in [2.45, 2.75) is 24.4 Å². The van der Waals surface area contributed by atoms with Crippen molar-refractivity contribution in [2.24, 2.45) is 5.10 Å². The van der Waals surface area contributed by atoms with Crippen LogP contribution in [-0.4, -0.2) is 28.2 Å². The van der Waals surface area contributed by atoms with Gasteiger partial charge < -0.3 is 9.47 Å². The van der Waals surface area contributed by atoms with E-state index in [1.54, 1.807) is 36.1 Å².